The van der Waals surface area contributed by atoms with Gasteiger partial charge in [0.25, 0.3) is 0 Å². The fraction of sp³-hybridized carbons (Fsp3) is 0.375. The third-order valence-electron chi connectivity index (χ3n) is 3.18. The van der Waals surface area contributed by atoms with Gasteiger partial charge in [-0.25, -0.2) is 5.10 Å². The molecule has 1 atom stereocenters. The van der Waals surface area contributed by atoms with Crippen LogP contribution >= 0.6 is 11.8 Å². The second-order valence-electron chi connectivity index (χ2n) is 5.75. The number of anilines is 1. The molecule has 0 aliphatic heterocycles. The third-order valence-corrected chi connectivity index (χ3v) is 4.03. The standard InChI is InChI=1S/C16H21N5O4S/c1-9(2)25-11-5-3-10(4-6-11)12(7-14(23)24)18-13(22)8-26-16-19-15(17)20-21-16/h3-6,9,12H,7-8H2,1-2H3,(H,18,22)(H,23,24)(H3,17,19,20,21). The molecule has 1 amide bonds. The van der Waals surface area contributed by atoms with Crippen molar-refractivity contribution in [3.05, 3.63) is 29.8 Å². The number of nitrogens with two attached hydrogens (primary N) is 1. The van der Waals surface area contributed by atoms with Crippen LogP contribution in [0.1, 0.15) is 31.9 Å². The molecule has 10 heteroatoms. The van der Waals surface area contributed by atoms with Crippen LogP contribution < -0.4 is 15.8 Å². The van der Waals surface area contributed by atoms with Gasteiger partial charge in [0.2, 0.25) is 17.0 Å². The number of thioether (sulfide) groups is 1. The second-order valence-corrected chi connectivity index (χ2v) is 6.69. The Morgan fingerprint density at radius 1 is 1.35 bits per heavy atom. The van der Waals surface area contributed by atoms with E-state index in [-0.39, 0.29) is 30.1 Å². The van der Waals surface area contributed by atoms with Gasteiger partial charge in [-0.2, -0.15) is 4.98 Å². The second kappa shape index (κ2) is 9.09. The van der Waals surface area contributed by atoms with Gasteiger partial charge in [-0.05, 0) is 31.5 Å². The van der Waals surface area contributed by atoms with Crippen molar-refractivity contribution in [3.8, 4) is 5.75 Å². The monoisotopic (exact) mass is 379 g/mol. The molecule has 1 aromatic carbocycles. The van der Waals surface area contributed by atoms with Crippen molar-refractivity contribution >= 4 is 29.6 Å². The number of benzene rings is 1. The molecule has 0 spiro atoms. The predicted molar refractivity (Wildman–Crippen MR) is 96.9 cm³/mol. The molecule has 2 rings (SSSR count). The maximum absolute atomic E-state index is 12.2. The van der Waals surface area contributed by atoms with E-state index < -0.39 is 12.0 Å². The van der Waals surface area contributed by atoms with Crippen LogP contribution in [-0.4, -0.2) is 44.0 Å². The fourth-order valence-corrected chi connectivity index (χ4v) is 2.78. The van der Waals surface area contributed by atoms with Crippen molar-refractivity contribution in [1.82, 2.24) is 20.5 Å². The predicted octanol–water partition coefficient (Wildman–Crippen LogP) is 1.60. The van der Waals surface area contributed by atoms with Crippen molar-refractivity contribution in [3.63, 3.8) is 0 Å². The Balaban J connectivity index is 1.99. The molecular weight excluding hydrogens is 358 g/mol. The highest BCUT2D eigenvalue weighted by Gasteiger charge is 2.19. The number of hydrogen-bond acceptors (Lipinski definition) is 7. The van der Waals surface area contributed by atoms with Gasteiger partial charge in [0, 0.05) is 0 Å². The summed E-state index contributed by atoms with van der Waals surface area (Å²) in [5.41, 5.74) is 6.10. The van der Waals surface area contributed by atoms with Gasteiger partial charge < -0.3 is 20.9 Å². The van der Waals surface area contributed by atoms with Crippen LogP contribution in [0.3, 0.4) is 0 Å². The highest BCUT2D eigenvalue weighted by Crippen LogP contribution is 2.22. The van der Waals surface area contributed by atoms with Crippen LogP contribution in [0.15, 0.2) is 29.4 Å². The fourth-order valence-electron chi connectivity index (χ4n) is 2.17. The van der Waals surface area contributed by atoms with Crippen molar-refractivity contribution in [2.45, 2.75) is 37.6 Å². The van der Waals surface area contributed by atoms with E-state index in [0.29, 0.717) is 16.5 Å². The van der Waals surface area contributed by atoms with Crippen LogP contribution in [0.25, 0.3) is 0 Å². The lowest BCUT2D eigenvalue weighted by Gasteiger charge is -2.18. The number of nitrogens with one attached hydrogen (secondary N) is 2. The molecule has 0 saturated heterocycles. The number of aromatic amines is 1. The summed E-state index contributed by atoms with van der Waals surface area (Å²) in [4.78, 5) is 27.2. The minimum absolute atomic E-state index is 0.0390. The first kappa shape index (κ1) is 19.6. The van der Waals surface area contributed by atoms with Crippen molar-refractivity contribution in [2.75, 3.05) is 11.5 Å². The first-order valence-corrected chi connectivity index (χ1v) is 8.90. The summed E-state index contributed by atoms with van der Waals surface area (Å²) in [6.07, 6.45) is -0.189. The quantitative estimate of drug-likeness (QED) is 0.481. The van der Waals surface area contributed by atoms with E-state index in [2.05, 4.69) is 20.5 Å². The average Bonchev–Trinajstić information content (AvgIpc) is 2.97. The Labute approximate surface area is 154 Å². The molecule has 0 saturated carbocycles. The van der Waals surface area contributed by atoms with Gasteiger partial charge >= 0.3 is 5.97 Å². The minimum Gasteiger partial charge on any atom is -0.491 e. The Morgan fingerprint density at radius 2 is 2.04 bits per heavy atom. The summed E-state index contributed by atoms with van der Waals surface area (Å²) in [5.74, 6) is -0.441. The largest absolute Gasteiger partial charge is 0.491 e. The number of carboxylic acid groups (broad SMARTS) is 1. The summed E-state index contributed by atoms with van der Waals surface area (Å²) in [6.45, 7) is 3.84. The van der Waals surface area contributed by atoms with Gasteiger partial charge in [0.05, 0.1) is 24.3 Å². The number of aromatic nitrogens is 3. The number of carbonyl (C=O) groups is 2. The Hall–Kier alpha value is -2.75. The van der Waals surface area contributed by atoms with Gasteiger partial charge in [0.15, 0.2) is 0 Å². The Kier molecular flexibility index (Phi) is 6.84. The van der Waals surface area contributed by atoms with E-state index >= 15 is 0 Å². The normalized spacial score (nSPS) is 12.0. The molecule has 0 radical (unpaired) electrons. The summed E-state index contributed by atoms with van der Waals surface area (Å²) in [6, 6.07) is 6.35. The maximum Gasteiger partial charge on any atom is 0.305 e. The van der Waals surface area contributed by atoms with Crippen LogP contribution in [-0.2, 0) is 9.59 Å². The zero-order valence-electron chi connectivity index (χ0n) is 14.4. The zero-order chi connectivity index (χ0) is 19.1. The first-order valence-electron chi connectivity index (χ1n) is 7.92. The third kappa shape index (κ3) is 6.28. The topological polar surface area (TPSA) is 143 Å². The highest BCUT2D eigenvalue weighted by molar-refractivity contribution is 7.99. The van der Waals surface area contributed by atoms with E-state index in [0.717, 1.165) is 11.8 Å². The molecule has 0 aliphatic carbocycles. The molecule has 1 unspecified atom stereocenters. The number of hydrogen-bond donors (Lipinski definition) is 4. The van der Waals surface area contributed by atoms with E-state index in [1.807, 2.05) is 13.8 Å². The van der Waals surface area contributed by atoms with Crippen LogP contribution in [0.5, 0.6) is 5.75 Å². The van der Waals surface area contributed by atoms with E-state index in [1.54, 1.807) is 24.3 Å². The van der Waals surface area contributed by atoms with E-state index in [4.69, 9.17) is 15.6 Å². The van der Waals surface area contributed by atoms with Gasteiger partial charge in [0.1, 0.15) is 5.75 Å². The number of H-pyrrole nitrogens is 1. The summed E-state index contributed by atoms with van der Waals surface area (Å²) < 4.78 is 5.57. The number of carbonyl (C=O) groups excluding carboxylic acids is 1. The lowest BCUT2D eigenvalue weighted by atomic mass is 10.0. The molecule has 1 heterocycles. The Bertz CT molecular complexity index is 747. The molecule has 2 aromatic rings. The lowest BCUT2D eigenvalue weighted by molar-refractivity contribution is -0.137. The number of aliphatic carboxylic acids is 1. The Morgan fingerprint density at radius 3 is 2.58 bits per heavy atom. The van der Waals surface area contributed by atoms with Gasteiger partial charge in [-0.3, -0.25) is 9.59 Å². The molecule has 0 aliphatic rings. The van der Waals surface area contributed by atoms with Gasteiger partial charge in [-0.1, -0.05) is 23.9 Å². The molecule has 26 heavy (non-hydrogen) atoms. The zero-order valence-corrected chi connectivity index (χ0v) is 15.2. The molecule has 0 fully saturated rings. The summed E-state index contributed by atoms with van der Waals surface area (Å²) >= 11 is 1.10. The average molecular weight is 379 g/mol. The van der Waals surface area contributed by atoms with Crippen LogP contribution in [0.4, 0.5) is 5.95 Å². The number of ether oxygens (including phenoxy) is 1. The number of rotatable bonds is 9. The number of nitrogen functional groups attached to an aromatic ring is 1. The number of carboxylic acids is 1. The number of nitrogens with zero attached hydrogens (tertiary/aromatic N) is 2. The maximum atomic E-state index is 12.2. The molecule has 1 aromatic heterocycles. The molecule has 140 valence electrons. The SMILES string of the molecule is CC(C)Oc1ccc(C(CC(=O)O)NC(=O)CSc2n[nH]c(N)n2)cc1. The molecule has 9 nitrogen and oxygen atoms in total. The number of amides is 1. The first-order chi connectivity index (χ1) is 12.3. The van der Waals surface area contributed by atoms with Crippen molar-refractivity contribution in [2.24, 2.45) is 0 Å². The van der Waals surface area contributed by atoms with Gasteiger partial charge in [-0.15, -0.1) is 5.10 Å². The molecule has 5 N–H and O–H groups in total. The molecular formula is C16H21N5O4S. The van der Waals surface area contributed by atoms with Crippen LogP contribution in [0.2, 0.25) is 0 Å². The summed E-state index contributed by atoms with van der Waals surface area (Å²) in [7, 11) is 0. The molecule has 0 bridgehead atoms. The highest BCUT2D eigenvalue weighted by atomic mass is 32.2. The van der Waals surface area contributed by atoms with Crippen molar-refractivity contribution in [1.29, 1.82) is 0 Å². The lowest BCUT2D eigenvalue weighted by Crippen LogP contribution is -2.31. The van der Waals surface area contributed by atoms with E-state index in [1.165, 1.54) is 0 Å². The van der Waals surface area contributed by atoms with Crippen molar-refractivity contribution < 1.29 is 19.4 Å². The minimum atomic E-state index is -1.01. The smallest absolute Gasteiger partial charge is 0.305 e. The van der Waals surface area contributed by atoms with Crippen LogP contribution in [0, 0.1) is 0 Å². The van der Waals surface area contributed by atoms with E-state index in [9.17, 15) is 9.59 Å². The summed E-state index contributed by atoms with van der Waals surface area (Å²) in [5, 5.41) is 18.5.